The van der Waals surface area contributed by atoms with Crippen LogP contribution in [0.15, 0.2) is 48.7 Å². The zero-order valence-corrected chi connectivity index (χ0v) is 13.1. The van der Waals surface area contributed by atoms with Crippen LogP contribution >= 0.6 is 0 Å². The Morgan fingerprint density at radius 1 is 1.23 bits per heavy atom. The molecule has 0 spiro atoms. The first kappa shape index (κ1) is 15.8. The number of pyridine rings is 1. The van der Waals surface area contributed by atoms with E-state index in [-0.39, 0.29) is 0 Å². The number of nitrogens with zero attached hydrogens (tertiary/aromatic N) is 1. The molecular weight excluding hydrogens is 272 g/mol. The molecule has 4 nitrogen and oxygen atoms in total. The summed E-state index contributed by atoms with van der Waals surface area (Å²) in [6, 6.07) is 11.9. The van der Waals surface area contributed by atoms with Crippen molar-refractivity contribution in [2.75, 3.05) is 24.2 Å². The normalized spacial score (nSPS) is 10.6. The summed E-state index contributed by atoms with van der Waals surface area (Å²) in [4.78, 5) is 4.38. The van der Waals surface area contributed by atoms with E-state index >= 15 is 0 Å². The molecule has 0 unspecified atom stereocenters. The van der Waals surface area contributed by atoms with Gasteiger partial charge in [-0.05, 0) is 24.1 Å². The SMILES string of the molecule is CCCNc1nccc(NC)c1C(=N)/C=C/c1ccccc1. The third-order valence-corrected chi connectivity index (χ3v) is 3.27. The molecule has 0 radical (unpaired) electrons. The van der Waals surface area contributed by atoms with Crippen LogP contribution in [0.1, 0.15) is 24.5 Å². The second-order valence-corrected chi connectivity index (χ2v) is 4.92. The van der Waals surface area contributed by atoms with Gasteiger partial charge in [-0.15, -0.1) is 0 Å². The van der Waals surface area contributed by atoms with Crippen molar-refractivity contribution >= 4 is 23.3 Å². The fourth-order valence-corrected chi connectivity index (χ4v) is 2.15. The molecule has 0 saturated heterocycles. The molecule has 1 aromatic heterocycles. The molecule has 0 bridgehead atoms. The first-order valence-corrected chi connectivity index (χ1v) is 7.49. The lowest BCUT2D eigenvalue weighted by molar-refractivity contribution is 0.968. The Bertz CT molecular complexity index is 647. The molecule has 2 rings (SSSR count). The van der Waals surface area contributed by atoms with Gasteiger partial charge in [0.25, 0.3) is 0 Å². The van der Waals surface area contributed by atoms with Gasteiger partial charge in [0.05, 0.1) is 11.3 Å². The van der Waals surface area contributed by atoms with Crippen LogP contribution in [0.3, 0.4) is 0 Å². The molecule has 0 amide bonds. The fourth-order valence-electron chi connectivity index (χ4n) is 2.15. The highest BCUT2D eigenvalue weighted by atomic mass is 15.0. The summed E-state index contributed by atoms with van der Waals surface area (Å²) in [5.41, 5.74) is 3.20. The molecule has 0 atom stereocenters. The maximum Gasteiger partial charge on any atom is 0.137 e. The molecule has 0 aliphatic heterocycles. The first-order valence-electron chi connectivity index (χ1n) is 7.49. The van der Waals surface area contributed by atoms with Crippen molar-refractivity contribution in [2.24, 2.45) is 0 Å². The largest absolute Gasteiger partial charge is 0.387 e. The van der Waals surface area contributed by atoms with Gasteiger partial charge < -0.3 is 16.0 Å². The van der Waals surface area contributed by atoms with E-state index < -0.39 is 0 Å². The highest BCUT2D eigenvalue weighted by Crippen LogP contribution is 2.23. The average Bonchev–Trinajstić information content (AvgIpc) is 2.58. The monoisotopic (exact) mass is 294 g/mol. The minimum absolute atomic E-state index is 0.430. The first-order chi connectivity index (χ1) is 10.8. The molecule has 0 aliphatic carbocycles. The lowest BCUT2D eigenvalue weighted by Gasteiger charge is -2.14. The third kappa shape index (κ3) is 3.95. The predicted octanol–water partition coefficient (Wildman–Crippen LogP) is 4.03. The minimum Gasteiger partial charge on any atom is -0.387 e. The average molecular weight is 294 g/mol. The second kappa shape index (κ2) is 7.98. The van der Waals surface area contributed by atoms with Gasteiger partial charge in [-0.25, -0.2) is 4.98 Å². The van der Waals surface area contributed by atoms with E-state index in [2.05, 4.69) is 22.5 Å². The van der Waals surface area contributed by atoms with Crippen LogP contribution < -0.4 is 10.6 Å². The van der Waals surface area contributed by atoms with E-state index in [1.807, 2.05) is 55.6 Å². The summed E-state index contributed by atoms with van der Waals surface area (Å²) in [5.74, 6) is 0.747. The molecule has 4 heteroatoms. The van der Waals surface area contributed by atoms with E-state index in [1.54, 1.807) is 6.20 Å². The van der Waals surface area contributed by atoms with Crippen molar-refractivity contribution in [1.29, 1.82) is 5.41 Å². The molecule has 0 fully saturated rings. The zero-order chi connectivity index (χ0) is 15.8. The Kier molecular flexibility index (Phi) is 5.72. The molecule has 1 aromatic carbocycles. The van der Waals surface area contributed by atoms with Crippen molar-refractivity contribution in [3.8, 4) is 0 Å². The topological polar surface area (TPSA) is 60.8 Å². The number of hydrogen-bond acceptors (Lipinski definition) is 4. The van der Waals surface area contributed by atoms with E-state index in [1.165, 1.54) is 0 Å². The van der Waals surface area contributed by atoms with E-state index in [9.17, 15) is 0 Å². The summed E-state index contributed by atoms with van der Waals surface area (Å²) >= 11 is 0. The van der Waals surface area contributed by atoms with E-state index in [0.29, 0.717) is 5.71 Å². The van der Waals surface area contributed by atoms with Gasteiger partial charge in [-0.3, -0.25) is 0 Å². The van der Waals surface area contributed by atoms with Crippen molar-refractivity contribution in [3.05, 3.63) is 59.8 Å². The molecule has 1 heterocycles. The summed E-state index contributed by atoms with van der Waals surface area (Å²) < 4.78 is 0. The highest BCUT2D eigenvalue weighted by molar-refractivity contribution is 6.15. The Labute approximate surface area is 131 Å². The van der Waals surface area contributed by atoms with Crippen LogP contribution in [0, 0.1) is 5.41 Å². The number of benzene rings is 1. The van der Waals surface area contributed by atoms with Crippen LogP contribution in [-0.4, -0.2) is 24.3 Å². The lowest BCUT2D eigenvalue weighted by Crippen LogP contribution is -2.10. The maximum atomic E-state index is 8.39. The van der Waals surface area contributed by atoms with E-state index in [4.69, 9.17) is 5.41 Å². The quantitative estimate of drug-likeness (QED) is 0.676. The Balaban J connectivity index is 2.29. The van der Waals surface area contributed by atoms with Crippen LogP contribution in [0.2, 0.25) is 0 Å². The molecule has 0 aliphatic rings. The van der Waals surface area contributed by atoms with Crippen molar-refractivity contribution in [1.82, 2.24) is 4.98 Å². The summed E-state index contributed by atoms with van der Waals surface area (Å²) in [5, 5.41) is 14.8. The number of nitrogens with one attached hydrogen (secondary N) is 3. The molecule has 0 saturated carbocycles. The summed E-state index contributed by atoms with van der Waals surface area (Å²) in [7, 11) is 1.86. The molecule has 114 valence electrons. The molecule has 2 aromatic rings. The Morgan fingerprint density at radius 2 is 2.00 bits per heavy atom. The summed E-state index contributed by atoms with van der Waals surface area (Å²) in [6.07, 6.45) is 6.52. The smallest absolute Gasteiger partial charge is 0.137 e. The number of rotatable bonds is 7. The fraction of sp³-hybridized carbons (Fsp3) is 0.222. The molecule has 3 N–H and O–H groups in total. The Hall–Kier alpha value is -2.62. The van der Waals surface area contributed by atoms with Gasteiger partial charge in [-0.1, -0.05) is 43.3 Å². The van der Waals surface area contributed by atoms with Gasteiger partial charge in [-0.2, -0.15) is 0 Å². The standard InChI is InChI=1S/C18H22N4/c1-3-12-21-18-17(16(20-2)11-13-22-18)15(19)10-9-14-7-5-4-6-8-14/h4-11,13,19H,3,12H2,1-2H3,(H2,20,21,22)/b10-9+,19-15?. The zero-order valence-electron chi connectivity index (χ0n) is 13.1. The van der Waals surface area contributed by atoms with Crippen LogP contribution in [0.5, 0.6) is 0 Å². The van der Waals surface area contributed by atoms with Gasteiger partial charge in [0.2, 0.25) is 0 Å². The van der Waals surface area contributed by atoms with Crippen LogP contribution in [0.25, 0.3) is 6.08 Å². The Morgan fingerprint density at radius 3 is 2.68 bits per heavy atom. The molecule has 22 heavy (non-hydrogen) atoms. The summed E-state index contributed by atoms with van der Waals surface area (Å²) in [6.45, 7) is 2.94. The number of aromatic nitrogens is 1. The van der Waals surface area contributed by atoms with Crippen LogP contribution in [-0.2, 0) is 0 Å². The molecular formula is C18H22N4. The maximum absolute atomic E-state index is 8.39. The van der Waals surface area contributed by atoms with Gasteiger partial charge in [0, 0.05) is 25.5 Å². The highest BCUT2D eigenvalue weighted by Gasteiger charge is 2.11. The van der Waals surface area contributed by atoms with Crippen molar-refractivity contribution in [3.63, 3.8) is 0 Å². The van der Waals surface area contributed by atoms with E-state index in [0.717, 1.165) is 35.6 Å². The van der Waals surface area contributed by atoms with Crippen molar-refractivity contribution < 1.29 is 0 Å². The third-order valence-electron chi connectivity index (χ3n) is 3.27. The number of hydrogen-bond donors (Lipinski definition) is 3. The number of anilines is 2. The number of allylic oxidation sites excluding steroid dienone is 1. The minimum atomic E-state index is 0.430. The van der Waals surface area contributed by atoms with Gasteiger partial charge >= 0.3 is 0 Å². The second-order valence-electron chi connectivity index (χ2n) is 4.92. The lowest BCUT2D eigenvalue weighted by atomic mass is 10.1. The van der Waals surface area contributed by atoms with Crippen molar-refractivity contribution in [2.45, 2.75) is 13.3 Å². The van der Waals surface area contributed by atoms with Gasteiger partial charge in [0.15, 0.2) is 0 Å². The van der Waals surface area contributed by atoms with Crippen LogP contribution in [0.4, 0.5) is 11.5 Å². The van der Waals surface area contributed by atoms with Gasteiger partial charge in [0.1, 0.15) is 5.82 Å². The predicted molar refractivity (Wildman–Crippen MR) is 94.9 cm³/mol.